The van der Waals surface area contributed by atoms with E-state index in [0.29, 0.717) is 38.6 Å². The second-order valence-electron chi connectivity index (χ2n) is 7.58. The highest BCUT2D eigenvalue weighted by atomic mass is 32.2. The Hall–Kier alpha value is -3.89. The van der Waals surface area contributed by atoms with Crippen molar-refractivity contribution in [3.63, 3.8) is 0 Å². The summed E-state index contributed by atoms with van der Waals surface area (Å²) in [5.74, 6) is 1.31. The molecule has 8 nitrogen and oxygen atoms in total. The van der Waals surface area contributed by atoms with Crippen molar-refractivity contribution in [2.75, 3.05) is 20.3 Å². The molecule has 0 bridgehead atoms. The number of carbonyl (C=O) groups is 1. The van der Waals surface area contributed by atoms with Gasteiger partial charge in [0.2, 0.25) is 0 Å². The number of hydrogen-bond donors (Lipinski definition) is 0. The number of ether oxygens (including phenoxy) is 3. The van der Waals surface area contributed by atoms with Gasteiger partial charge in [-0.2, -0.15) is 0 Å². The molecule has 0 radical (unpaired) electrons. The molecule has 0 saturated carbocycles. The van der Waals surface area contributed by atoms with Crippen molar-refractivity contribution in [2.45, 2.75) is 6.54 Å². The van der Waals surface area contributed by atoms with Crippen molar-refractivity contribution in [1.82, 2.24) is 4.90 Å². The summed E-state index contributed by atoms with van der Waals surface area (Å²) >= 11 is 6.58. The topological polar surface area (TPSA) is 91.1 Å². The number of carbonyl (C=O) groups excluding carboxylic acids is 1. The normalized spacial score (nSPS) is 14.2. The van der Waals surface area contributed by atoms with Crippen LogP contribution in [-0.2, 0) is 11.3 Å². The van der Waals surface area contributed by atoms with Gasteiger partial charge in [0, 0.05) is 17.7 Å². The van der Waals surface area contributed by atoms with E-state index < -0.39 is 4.92 Å². The van der Waals surface area contributed by atoms with Crippen LogP contribution in [0, 0.1) is 10.1 Å². The molecular formula is C26H22N2O6S2. The van der Waals surface area contributed by atoms with Crippen LogP contribution in [0.1, 0.15) is 11.1 Å². The van der Waals surface area contributed by atoms with E-state index in [1.54, 1.807) is 25.3 Å². The van der Waals surface area contributed by atoms with Gasteiger partial charge in [-0.1, -0.05) is 66.4 Å². The average molecular weight is 523 g/mol. The molecule has 36 heavy (non-hydrogen) atoms. The average Bonchev–Trinajstić information content (AvgIpc) is 3.15. The van der Waals surface area contributed by atoms with Crippen LogP contribution in [0.2, 0.25) is 0 Å². The largest absolute Gasteiger partial charge is 0.493 e. The minimum atomic E-state index is -0.494. The third kappa shape index (κ3) is 6.02. The zero-order valence-corrected chi connectivity index (χ0v) is 20.9. The zero-order valence-electron chi connectivity index (χ0n) is 19.3. The van der Waals surface area contributed by atoms with Gasteiger partial charge < -0.3 is 14.2 Å². The molecule has 1 aliphatic heterocycles. The molecule has 0 N–H and O–H groups in total. The fourth-order valence-electron chi connectivity index (χ4n) is 3.48. The number of nitro groups is 1. The van der Waals surface area contributed by atoms with E-state index in [2.05, 4.69) is 0 Å². The summed E-state index contributed by atoms with van der Waals surface area (Å²) in [5, 5.41) is 11.4. The molecule has 0 aromatic heterocycles. The number of non-ortho nitro benzene ring substituents is 1. The molecule has 3 aromatic carbocycles. The number of para-hydroxylation sites is 2. The Bertz CT molecular complexity index is 1310. The molecule has 1 amide bonds. The van der Waals surface area contributed by atoms with Crippen molar-refractivity contribution in [3.05, 3.63) is 98.9 Å². The minimum absolute atomic E-state index is 0.112. The number of rotatable bonds is 10. The van der Waals surface area contributed by atoms with Crippen molar-refractivity contribution in [1.29, 1.82) is 0 Å². The maximum Gasteiger partial charge on any atom is 0.270 e. The second kappa shape index (κ2) is 11.7. The van der Waals surface area contributed by atoms with Gasteiger partial charge in [-0.05, 0) is 29.8 Å². The zero-order chi connectivity index (χ0) is 25.5. The van der Waals surface area contributed by atoms with E-state index in [9.17, 15) is 14.9 Å². The molecule has 184 valence electrons. The Labute approximate surface area is 217 Å². The first-order chi connectivity index (χ1) is 17.5. The smallest absolute Gasteiger partial charge is 0.270 e. The van der Waals surface area contributed by atoms with Gasteiger partial charge in [0.1, 0.15) is 23.3 Å². The molecule has 10 heteroatoms. The number of thioether (sulfide) groups is 1. The molecule has 3 aromatic rings. The van der Waals surface area contributed by atoms with Crippen molar-refractivity contribution < 1.29 is 23.9 Å². The molecule has 1 aliphatic rings. The SMILES string of the molecule is COc1ccccc1OCCOc1ccc([N+](=O)[O-])cc1C=C1SC(=S)N(Cc2ccccc2)C1=O. The Morgan fingerprint density at radius 3 is 2.33 bits per heavy atom. The van der Waals surface area contributed by atoms with Gasteiger partial charge in [0.05, 0.1) is 23.5 Å². The maximum absolute atomic E-state index is 13.1. The first-order valence-electron chi connectivity index (χ1n) is 10.9. The van der Waals surface area contributed by atoms with Crippen LogP contribution < -0.4 is 14.2 Å². The number of nitrogens with zero attached hydrogens (tertiary/aromatic N) is 2. The van der Waals surface area contributed by atoms with Gasteiger partial charge in [0.15, 0.2) is 11.5 Å². The Balaban J connectivity index is 1.50. The van der Waals surface area contributed by atoms with E-state index in [1.807, 2.05) is 42.5 Å². The lowest BCUT2D eigenvalue weighted by Gasteiger charge is -2.14. The number of amides is 1. The summed E-state index contributed by atoms with van der Waals surface area (Å²) in [6, 6.07) is 21.0. The maximum atomic E-state index is 13.1. The molecule has 0 aliphatic carbocycles. The fourth-order valence-corrected chi connectivity index (χ4v) is 4.72. The number of hydrogen-bond acceptors (Lipinski definition) is 8. The van der Waals surface area contributed by atoms with E-state index in [4.69, 9.17) is 26.4 Å². The lowest BCUT2D eigenvalue weighted by atomic mass is 10.1. The lowest BCUT2D eigenvalue weighted by Crippen LogP contribution is -2.27. The van der Waals surface area contributed by atoms with E-state index in [0.717, 1.165) is 17.3 Å². The molecule has 1 saturated heterocycles. The summed E-state index contributed by atoms with van der Waals surface area (Å²) in [6.45, 7) is 0.739. The Morgan fingerprint density at radius 2 is 1.64 bits per heavy atom. The van der Waals surface area contributed by atoms with Gasteiger partial charge >= 0.3 is 0 Å². The van der Waals surface area contributed by atoms with Gasteiger partial charge in [0.25, 0.3) is 11.6 Å². The third-order valence-electron chi connectivity index (χ3n) is 5.22. The van der Waals surface area contributed by atoms with Gasteiger partial charge in [-0.25, -0.2) is 0 Å². The number of nitro benzene ring substituents is 1. The highest BCUT2D eigenvalue weighted by molar-refractivity contribution is 8.26. The monoisotopic (exact) mass is 522 g/mol. The molecule has 0 spiro atoms. The van der Waals surface area contributed by atoms with Crippen LogP contribution in [-0.4, -0.2) is 40.4 Å². The highest BCUT2D eigenvalue weighted by Gasteiger charge is 2.32. The van der Waals surface area contributed by atoms with E-state index in [-0.39, 0.29) is 24.8 Å². The van der Waals surface area contributed by atoms with E-state index in [1.165, 1.54) is 23.1 Å². The molecular weight excluding hydrogens is 500 g/mol. The number of benzene rings is 3. The quantitative estimate of drug-likeness (QED) is 0.114. The second-order valence-corrected chi connectivity index (χ2v) is 9.26. The van der Waals surface area contributed by atoms with Gasteiger partial charge in [-0.3, -0.25) is 19.8 Å². The first kappa shape index (κ1) is 25.2. The molecule has 4 rings (SSSR count). The lowest BCUT2D eigenvalue weighted by molar-refractivity contribution is -0.384. The summed E-state index contributed by atoms with van der Waals surface area (Å²) in [4.78, 5) is 25.8. The highest BCUT2D eigenvalue weighted by Crippen LogP contribution is 2.36. The van der Waals surface area contributed by atoms with Crippen LogP contribution in [0.3, 0.4) is 0 Å². The predicted octanol–water partition coefficient (Wildman–Crippen LogP) is 5.46. The van der Waals surface area contributed by atoms with Crippen molar-refractivity contribution in [2.24, 2.45) is 0 Å². The molecule has 0 atom stereocenters. The fraction of sp³-hybridized carbons (Fsp3) is 0.154. The Kier molecular flexibility index (Phi) is 8.19. The molecule has 0 unspecified atom stereocenters. The van der Waals surface area contributed by atoms with Crippen molar-refractivity contribution >= 4 is 46.0 Å². The minimum Gasteiger partial charge on any atom is -0.493 e. The summed E-state index contributed by atoms with van der Waals surface area (Å²) in [6.07, 6.45) is 1.58. The van der Waals surface area contributed by atoms with Crippen LogP contribution >= 0.6 is 24.0 Å². The number of thiocarbonyl (C=S) groups is 1. The molecule has 1 fully saturated rings. The van der Waals surface area contributed by atoms with Crippen LogP contribution in [0.15, 0.2) is 77.7 Å². The summed E-state index contributed by atoms with van der Waals surface area (Å²) < 4.78 is 17.3. The van der Waals surface area contributed by atoms with Crippen LogP contribution in [0.4, 0.5) is 5.69 Å². The predicted molar refractivity (Wildman–Crippen MR) is 142 cm³/mol. The van der Waals surface area contributed by atoms with Gasteiger partial charge in [-0.15, -0.1) is 0 Å². The van der Waals surface area contributed by atoms with Crippen LogP contribution in [0.25, 0.3) is 6.08 Å². The van der Waals surface area contributed by atoms with Crippen molar-refractivity contribution in [3.8, 4) is 17.2 Å². The number of methoxy groups -OCH3 is 1. The summed E-state index contributed by atoms with van der Waals surface area (Å²) in [5.41, 5.74) is 1.24. The standard InChI is InChI=1S/C26H22N2O6S2/c1-32-22-9-5-6-10-23(22)34-14-13-33-21-12-11-20(28(30)31)15-19(21)16-24-25(29)27(26(35)36-24)17-18-7-3-2-4-8-18/h2-12,15-16H,13-14,17H2,1H3. The molecule has 1 heterocycles. The first-order valence-corrected chi connectivity index (χ1v) is 12.1. The third-order valence-corrected chi connectivity index (χ3v) is 6.59. The Morgan fingerprint density at radius 1 is 0.972 bits per heavy atom. The summed E-state index contributed by atoms with van der Waals surface area (Å²) in [7, 11) is 1.56. The van der Waals surface area contributed by atoms with Crippen LogP contribution in [0.5, 0.6) is 17.2 Å². The van der Waals surface area contributed by atoms with E-state index >= 15 is 0 Å².